The van der Waals surface area contributed by atoms with Crippen LogP contribution in [-0.4, -0.2) is 29.9 Å². The largest absolute Gasteiger partial charge is 0.455 e. The first-order valence-corrected chi connectivity index (χ1v) is 9.22. The van der Waals surface area contributed by atoms with Gasteiger partial charge in [0.1, 0.15) is 5.54 Å². The number of amides is 2. The Kier molecular flexibility index (Phi) is 5.32. The van der Waals surface area contributed by atoms with Crippen molar-refractivity contribution >= 4 is 45.1 Å². The fourth-order valence-electron chi connectivity index (χ4n) is 2.93. The van der Waals surface area contributed by atoms with Gasteiger partial charge in [-0.25, -0.2) is 0 Å². The molecule has 7 heteroatoms. The number of fused-ring (bicyclic) bond motifs is 1. The highest BCUT2D eigenvalue weighted by Gasteiger charge is 2.43. The summed E-state index contributed by atoms with van der Waals surface area (Å²) in [5.41, 5.74) is 0.829. The molecule has 0 unspecified atom stereocenters. The third-order valence-electron chi connectivity index (χ3n) is 4.38. The smallest absolute Gasteiger partial charge is 0.310 e. The number of anilines is 2. The van der Waals surface area contributed by atoms with Gasteiger partial charge in [-0.15, -0.1) is 0 Å². The lowest BCUT2D eigenvalue weighted by Gasteiger charge is -2.41. The fourth-order valence-corrected chi connectivity index (χ4v) is 3.19. The molecule has 6 nitrogen and oxygen atoms in total. The predicted octanol–water partition coefficient (Wildman–Crippen LogP) is 3.30. The van der Waals surface area contributed by atoms with Crippen LogP contribution in [0.25, 0.3) is 0 Å². The molecule has 2 amide bonds. The molecule has 1 heterocycles. The van der Waals surface area contributed by atoms with Gasteiger partial charge in [0.15, 0.2) is 6.61 Å². The van der Waals surface area contributed by atoms with E-state index in [2.05, 4.69) is 21.2 Å². The molecule has 0 saturated heterocycles. The van der Waals surface area contributed by atoms with Crippen molar-refractivity contribution in [2.24, 2.45) is 0 Å². The van der Waals surface area contributed by atoms with Gasteiger partial charge in [-0.05, 0) is 43.7 Å². The Morgan fingerprint density at radius 3 is 2.48 bits per heavy atom. The summed E-state index contributed by atoms with van der Waals surface area (Å²) in [6.07, 6.45) is 0.0705. The number of halogens is 1. The maximum atomic E-state index is 12.8. The van der Waals surface area contributed by atoms with Crippen molar-refractivity contribution in [3.05, 3.63) is 58.6 Å². The molecule has 1 aliphatic heterocycles. The van der Waals surface area contributed by atoms with Crippen LogP contribution in [0.4, 0.5) is 11.4 Å². The summed E-state index contributed by atoms with van der Waals surface area (Å²) in [6.45, 7) is 2.88. The molecular formula is C20H19BrN2O4. The summed E-state index contributed by atoms with van der Waals surface area (Å²) in [5.74, 6) is -1.25. The van der Waals surface area contributed by atoms with E-state index in [1.807, 2.05) is 24.3 Å². The van der Waals surface area contributed by atoms with Crippen molar-refractivity contribution in [2.45, 2.75) is 25.8 Å². The second kappa shape index (κ2) is 7.52. The highest BCUT2D eigenvalue weighted by atomic mass is 79.9. The Balaban J connectivity index is 1.70. The number of hydrogen-bond acceptors (Lipinski definition) is 4. The van der Waals surface area contributed by atoms with Crippen LogP contribution in [0.15, 0.2) is 53.0 Å². The zero-order valence-electron chi connectivity index (χ0n) is 15.0. The molecule has 140 valence electrons. The van der Waals surface area contributed by atoms with Crippen LogP contribution < -0.4 is 10.2 Å². The summed E-state index contributed by atoms with van der Waals surface area (Å²) in [7, 11) is 0. The van der Waals surface area contributed by atoms with Gasteiger partial charge in [-0.1, -0.05) is 40.2 Å². The standard InChI is InChI=1S/C20H19BrN2O4/c1-20(2)19(26)22-15-5-3-4-6-16(15)23(20)17(24)12-27-18(25)11-13-7-9-14(21)10-8-13/h3-10H,11-12H2,1-2H3,(H,22,26). The normalized spacial score (nSPS) is 14.9. The van der Waals surface area contributed by atoms with Crippen molar-refractivity contribution in [2.75, 3.05) is 16.8 Å². The van der Waals surface area contributed by atoms with Gasteiger partial charge in [-0.3, -0.25) is 19.3 Å². The minimum Gasteiger partial charge on any atom is -0.455 e. The zero-order chi connectivity index (χ0) is 19.6. The summed E-state index contributed by atoms with van der Waals surface area (Å²) >= 11 is 3.34. The van der Waals surface area contributed by atoms with Crippen LogP contribution >= 0.6 is 15.9 Å². The fraction of sp³-hybridized carbons (Fsp3) is 0.250. The van der Waals surface area contributed by atoms with Crippen molar-refractivity contribution in [3.8, 4) is 0 Å². The molecule has 0 radical (unpaired) electrons. The minimum atomic E-state index is -1.09. The Labute approximate surface area is 165 Å². The average Bonchev–Trinajstić information content (AvgIpc) is 2.62. The van der Waals surface area contributed by atoms with E-state index in [1.165, 1.54) is 4.90 Å². The van der Waals surface area contributed by atoms with Crippen LogP contribution in [0, 0.1) is 0 Å². The Morgan fingerprint density at radius 1 is 1.11 bits per heavy atom. The van der Waals surface area contributed by atoms with Gasteiger partial charge < -0.3 is 10.1 Å². The predicted molar refractivity (Wildman–Crippen MR) is 105 cm³/mol. The van der Waals surface area contributed by atoms with Crippen LogP contribution in [0.1, 0.15) is 19.4 Å². The Bertz CT molecular complexity index is 893. The SMILES string of the molecule is CC1(C)C(=O)Nc2ccccc2N1C(=O)COC(=O)Cc1ccc(Br)cc1. The number of para-hydroxylation sites is 2. The van der Waals surface area contributed by atoms with E-state index in [9.17, 15) is 14.4 Å². The number of carbonyl (C=O) groups is 3. The molecule has 2 aromatic rings. The number of esters is 1. The number of nitrogens with one attached hydrogen (secondary N) is 1. The first-order valence-electron chi connectivity index (χ1n) is 8.42. The van der Waals surface area contributed by atoms with E-state index in [-0.39, 0.29) is 12.3 Å². The maximum Gasteiger partial charge on any atom is 0.310 e. The summed E-state index contributed by atoms with van der Waals surface area (Å²) in [4.78, 5) is 38.6. The van der Waals surface area contributed by atoms with E-state index in [0.717, 1.165) is 10.0 Å². The first-order chi connectivity index (χ1) is 12.8. The number of carbonyl (C=O) groups excluding carboxylic acids is 3. The van der Waals surface area contributed by atoms with Crippen LogP contribution in [-0.2, 0) is 25.5 Å². The van der Waals surface area contributed by atoms with Crippen molar-refractivity contribution in [3.63, 3.8) is 0 Å². The molecule has 3 rings (SSSR count). The number of nitrogens with zero attached hydrogens (tertiary/aromatic N) is 1. The molecule has 1 N–H and O–H groups in total. The lowest BCUT2D eigenvalue weighted by molar-refractivity contribution is -0.147. The second-order valence-corrected chi connectivity index (χ2v) is 7.64. The summed E-state index contributed by atoms with van der Waals surface area (Å²) in [5, 5.41) is 2.79. The van der Waals surface area contributed by atoms with E-state index >= 15 is 0 Å². The van der Waals surface area contributed by atoms with Gasteiger partial charge in [-0.2, -0.15) is 0 Å². The monoisotopic (exact) mass is 430 g/mol. The molecule has 2 aromatic carbocycles. The van der Waals surface area contributed by atoms with Crippen molar-refractivity contribution in [1.82, 2.24) is 0 Å². The maximum absolute atomic E-state index is 12.8. The molecule has 27 heavy (non-hydrogen) atoms. The summed E-state index contributed by atoms with van der Waals surface area (Å²) < 4.78 is 6.08. The molecule has 0 aromatic heterocycles. The highest BCUT2D eigenvalue weighted by Crippen LogP contribution is 2.36. The molecule has 0 aliphatic carbocycles. The first kappa shape index (κ1) is 19.1. The zero-order valence-corrected chi connectivity index (χ0v) is 16.6. The van der Waals surface area contributed by atoms with Gasteiger partial charge in [0.2, 0.25) is 5.91 Å². The molecule has 0 spiro atoms. The molecule has 0 atom stereocenters. The molecule has 0 bridgehead atoms. The molecular weight excluding hydrogens is 412 g/mol. The lowest BCUT2D eigenvalue weighted by Crippen LogP contribution is -2.59. The topological polar surface area (TPSA) is 75.7 Å². The van der Waals surface area contributed by atoms with E-state index in [1.54, 1.807) is 38.1 Å². The van der Waals surface area contributed by atoms with Crippen LogP contribution in [0.2, 0.25) is 0 Å². The van der Waals surface area contributed by atoms with Crippen LogP contribution in [0.5, 0.6) is 0 Å². The second-order valence-electron chi connectivity index (χ2n) is 6.72. The van der Waals surface area contributed by atoms with E-state index in [4.69, 9.17) is 4.74 Å². The van der Waals surface area contributed by atoms with Gasteiger partial charge in [0.05, 0.1) is 17.8 Å². The minimum absolute atomic E-state index is 0.0705. The number of hydrogen-bond donors (Lipinski definition) is 1. The van der Waals surface area contributed by atoms with Crippen molar-refractivity contribution < 1.29 is 19.1 Å². The lowest BCUT2D eigenvalue weighted by atomic mass is 9.96. The average molecular weight is 431 g/mol. The van der Waals surface area contributed by atoms with Gasteiger partial charge in [0.25, 0.3) is 5.91 Å². The molecule has 0 fully saturated rings. The third-order valence-corrected chi connectivity index (χ3v) is 4.90. The van der Waals surface area contributed by atoms with Gasteiger partial charge >= 0.3 is 5.97 Å². The highest BCUT2D eigenvalue weighted by molar-refractivity contribution is 9.10. The molecule has 0 saturated carbocycles. The third kappa shape index (κ3) is 4.03. The van der Waals surface area contributed by atoms with Gasteiger partial charge in [0, 0.05) is 4.47 Å². The van der Waals surface area contributed by atoms with E-state index in [0.29, 0.717) is 11.4 Å². The summed E-state index contributed by atoms with van der Waals surface area (Å²) in [6, 6.07) is 14.3. The Hall–Kier alpha value is -2.67. The van der Waals surface area contributed by atoms with Crippen molar-refractivity contribution in [1.29, 1.82) is 0 Å². The van der Waals surface area contributed by atoms with Crippen LogP contribution in [0.3, 0.4) is 0 Å². The number of benzene rings is 2. The number of ether oxygens (including phenoxy) is 1. The van der Waals surface area contributed by atoms with E-state index < -0.39 is 24.0 Å². The molecule has 1 aliphatic rings. The quantitative estimate of drug-likeness (QED) is 0.754. The Morgan fingerprint density at radius 2 is 1.78 bits per heavy atom. The number of rotatable bonds is 4.